The first-order valence-corrected chi connectivity index (χ1v) is 10.00. The van der Waals surface area contributed by atoms with E-state index in [1.165, 1.54) is 0 Å². The first-order chi connectivity index (χ1) is 12.9. The van der Waals surface area contributed by atoms with Crippen molar-refractivity contribution in [3.8, 4) is 0 Å². The monoisotopic (exact) mass is 372 g/mol. The largest absolute Gasteiger partial charge is 0.383 e. The van der Waals surface area contributed by atoms with Crippen LogP contribution in [-0.2, 0) is 19.7 Å². The Bertz CT molecular complexity index is 663. The minimum Gasteiger partial charge on any atom is -0.383 e. The number of methoxy groups -OCH3 is 1. The molecule has 0 aliphatic carbocycles. The zero-order valence-corrected chi connectivity index (χ0v) is 16.9. The van der Waals surface area contributed by atoms with Gasteiger partial charge in [0.25, 0.3) is 0 Å². The van der Waals surface area contributed by atoms with E-state index in [1.807, 2.05) is 54.0 Å². The van der Waals surface area contributed by atoms with Crippen LogP contribution in [0.15, 0.2) is 30.3 Å². The average Bonchev–Trinajstić information content (AvgIpc) is 2.69. The van der Waals surface area contributed by atoms with Crippen LogP contribution >= 0.6 is 0 Å². The van der Waals surface area contributed by atoms with Crippen LogP contribution in [0.25, 0.3) is 0 Å². The molecule has 0 aromatic heterocycles. The number of nitrogens with zero attached hydrogens (tertiary/aromatic N) is 2. The Kier molecular flexibility index (Phi) is 5.89. The van der Waals surface area contributed by atoms with Gasteiger partial charge < -0.3 is 14.5 Å². The van der Waals surface area contributed by atoms with E-state index in [-0.39, 0.29) is 17.2 Å². The van der Waals surface area contributed by atoms with Gasteiger partial charge in [-0.15, -0.1) is 0 Å². The molecule has 5 heteroatoms. The molecular weight excluding hydrogens is 340 g/mol. The highest BCUT2D eigenvalue weighted by Gasteiger charge is 2.43. The molecule has 0 N–H and O–H groups in total. The van der Waals surface area contributed by atoms with E-state index >= 15 is 0 Å². The Hall–Kier alpha value is -1.88. The lowest BCUT2D eigenvalue weighted by Crippen LogP contribution is -2.54. The highest BCUT2D eigenvalue weighted by atomic mass is 16.5. The molecule has 2 aliphatic heterocycles. The lowest BCUT2D eigenvalue weighted by atomic mass is 9.71. The number of hydrogen-bond donors (Lipinski definition) is 0. The zero-order valence-electron chi connectivity index (χ0n) is 16.9. The van der Waals surface area contributed by atoms with Gasteiger partial charge in [-0.2, -0.15) is 0 Å². The van der Waals surface area contributed by atoms with Gasteiger partial charge >= 0.3 is 0 Å². The molecule has 3 rings (SSSR count). The van der Waals surface area contributed by atoms with Crippen LogP contribution in [0.2, 0.25) is 0 Å². The lowest BCUT2D eigenvalue weighted by Gasteiger charge is -2.48. The number of likely N-dealkylation sites (tertiary alicyclic amines) is 2. The fourth-order valence-corrected chi connectivity index (χ4v) is 4.47. The Labute approximate surface area is 162 Å². The molecule has 2 aliphatic rings. The van der Waals surface area contributed by atoms with E-state index in [0.717, 1.165) is 44.5 Å². The number of amides is 2. The lowest BCUT2D eigenvalue weighted by molar-refractivity contribution is -0.145. The van der Waals surface area contributed by atoms with Crippen LogP contribution in [0.4, 0.5) is 0 Å². The molecule has 27 heavy (non-hydrogen) atoms. The normalized spacial score (nSPS) is 20.2. The molecule has 0 saturated carbocycles. The molecule has 5 nitrogen and oxygen atoms in total. The number of hydrogen-bond acceptors (Lipinski definition) is 3. The summed E-state index contributed by atoms with van der Waals surface area (Å²) >= 11 is 0. The van der Waals surface area contributed by atoms with E-state index in [4.69, 9.17) is 4.74 Å². The Balaban J connectivity index is 1.63. The third-order valence-electron chi connectivity index (χ3n) is 6.45. The third-order valence-corrected chi connectivity index (χ3v) is 6.45. The average molecular weight is 373 g/mol. The summed E-state index contributed by atoms with van der Waals surface area (Å²) in [6.45, 7) is 7.64. The van der Waals surface area contributed by atoms with E-state index in [9.17, 15) is 9.59 Å². The smallest absolute Gasteiger partial charge is 0.232 e. The quantitative estimate of drug-likeness (QED) is 0.799. The highest BCUT2D eigenvalue weighted by Crippen LogP contribution is 2.41. The summed E-state index contributed by atoms with van der Waals surface area (Å²) in [5.74, 6) is 0.438. The van der Waals surface area contributed by atoms with Gasteiger partial charge in [0.05, 0.1) is 12.0 Å². The van der Waals surface area contributed by atoms with Crippen LogP contribution in [0, 0.1) is 5.41 Å². The summed E-state index contributed by atoms with van der Waals surface area (Å²) in [5.41, 5.74) is 0.706. The molecule has 1 spiro atoms. The molecule has 2 heterocycles. The molecule has 0 atom stereocenters. The van der Waals surface area contributed by atoms with E-state index < -0.39 is 5.41 Å². The molecular formula is C22H32N2O3. The molecule has 0 unspecified atom stereocenters. The van der Waals surface area contributed by atoms with Gasteiger partial charge in [0, 0.05) is 39.7 Å². The van der Waals surface area contributed by atoms with Crippen molar-refractivity contribution in [2.24, 2.45) is 5.41 Å². The fourth-order valence-electron chi connectivity index (χ4n) is 4.47. The SMILES string of the molecule is COCCN1CC2(CCC1=O)CCN(C(=O)C(C)(C)c1ccccc1)CC2. The highest BCUT2D eigenvalue weighted by molar-refractivity contribution is 5.87. The molecule has 1 aromatic rings. The van der Waals surface area contributed by atoms with Gasteiger partial charge in [-0.25, -0.2) is 0 Å². The number of rotatable bonds is 5. The molecule has 0 radical (unpaired) electrons. The molecule has 2 saturated heterocycles. The Morgan fingerprint density at radius 3 is 2.44 bits per heavy atom. The summed E-state index contributed by atoms with van der Waals surface area (Å²) in [5, 5.41) is 0. The predicted molar refractivity (Wildman–Crippen MR) is 105 cm³/mol. The van der Waals surface area contributed by atoms with Gasteiger partial charge in [-0.1, -0.05) is 30.3 Å². The van der Waals surface area contributed by atoms with Crippen LogP contribution in [0.5, 0.6) is 0 Å². The summed E-state index contributed by atoms with van der Waals surface area (Å²) < 4.78 is 5.15. The maximum absolute atomic E-state index is 13.2. The van der Waals surface area contributed by atoms with E-state index in [0.29, 0.717) is 19.6 Å². The Morgan fingerprint density at radius 1 is 1.15 bits per heavy atom. The second-order valence-electron chi connectivity index (χ2n) is 8.59. The fraction of sp³-hybridized carbons (Fsp3) is 0.636. The van der Waals surface area contributed by atoms with Crippen molar-refractivity contribution in [1.82, 2.24) is 9.80 Å². The van der Waals surface area contributed by atoms with Crippen molar-refractivity contribution < 1.29 is 14.3 Å². The maximum atomic E-state index is 13.2. The molecule has 1 aromatic carbocycles. The van der Waals surface area contributed by atoms with Crippen molar-refractivity contribution in [2.75, 3.05) is 39.9 Å². The zero-order chi connectivity index (χ0) is 19.5. The molecule has 0 bridgehead atoms. The summed E-state index contributed by atoms with van der Waals surface area (Å²) in [4.78, 5) is 29.4. The molecule has 2 fully saturated rings. The first kappa shape index (κ1) is 19.9. The standard InChI is InChI=1S/C22H32N2O3/c1-21(2,18-7-5-4-6-8-18)20(26)23-13-11-22(12-14-23)10-9-19(25)24(17-22)15-16-27-3/h4-8H,9-17H2,1-3H3. The second-order valence-corrected chi connectivity index (χ2v) is 8.59. The van der Waals surface area contributed by atoms with E-state index in [2.05, 4.69) is 0 Å². The molecule has 2 amide bonds. The van der Waals surface area contributed by atoms with Crippen molar-refractivity contribution in [3.63, 3.8) is 0 Å². The minimum absolute atomic E-state index is 0.162. The number of carbonyl (C=O) groups excluding carboxylic acids is 2. The first-order valence-electron chi connectivity index (χ1n) is 10.00. The van der Waals surface area contributed by atoms with Crippen LogP contribution < -0.4 is 0 Å². The van der Waals surface area contributed by atoms with Crippen LogP contribution in [-0.4, -0.2) is 61.5 Å². The number of piperidine rings is 2. The van der Waals surface area contributed by atoms with Crippen LogP contribution in [0.1, 0.15) is 45.1 Å². The maximum Gasteiger partial charge on any atom is 0.232 e. The van der Waals surface area contributed by atoms with Crippen LogP contribution in [0.3, 0.4) is 0 Å². The number of ether oxygens (including phenoxy) is 1. The predicted octanol–water partition coefficient (Wildman–Crippen LogP) is 2.84. The van der Waals surface area contributed by atoms with Crippen molar-refractivity contribution >= 4 is 11.8 Å². The second kappa shape index (κ2) is 8.01. The third kappa shape index (κ3) is 4.18. The number of benzene rings is 1. The minimum atomic E-state index is -0.515. The van der Waals surface area contributed by atoms with Crippen molar-refractivity contribution in [3.05, 3.63) is 35.9 Å². The van der Waals surface area contributed by atoms with Gasteiger partial charge in [0.1, 0.15) is 0 Å². The van der Waals surface area contributed by atoms with Crippen molar-refractivity contribution in [1.29, 1.82) is 0 Å². The summed E-state index contributed by atoms with van der Waals surface area (Å²) in [6, 6.07) is 10.0. The van der Waals surface area contributed by atoms with E-state index in [1.54, 1.807) is 7.11 Å². The van der Waals surface area contributed by atoms with Gasteiger partial charge in [0.15, 0.2) is 0 Å². The molecule has 148 valence electrons. The topological polar surface area (TPSA) is 49.9 Å². The summed E-state index contributed by atoms with van der Waals surface area (Å²) in [6.07, 6.45) is 3.51. The van der Waals surface area contributed by atoms with Crippen molar-refractivity contribution in [2.45, 2.75) is 44.9 Å². The summed E-state index contributed by atoms with van der Waals surface area (Å²) in [7, 11) is 1.67. The Morgan fingerprint density at radius 2 is 1.81 bits per heavy atom. The number of carbonyl (C=O) groups is 2. The van der Waals surface area contributed by atoms with Gasteiger partial charge in [0.2, 0.25) is 11.8 Å². The van der Waals surface area contributed by atoms with Gasteiger partial charge in [-0.3, -0.25) is 9.59 Å². The van der Waals surface area contributed by atoms with Gasteiger partial charge in [-0.05, 0) is 44.1 Å².